The van der Waals surface area contributed by atoms with E-state index in [1.165, 1.54) is 4.90 Å². The number of amides is 1. The van der Waals surface area contributed by atoms with Gasteiger partial charge in [0.05, 0.1) is 32.5 Å². The molecule has 9 nitrogen and oxygen atoms in total. The van der Waals surface area contributed by atoms with E-state index in [0.29, 0.717) is 0 Å². The van der Waals surface area contributed by atoms with Gasteiger partial charge in [-0.1, -0.05) is 57.0 Å². The number of rotatable bonds is 14. The number of phosphoric acid groups is 1. The van der Waals surface area contributed by atoms with Gasteiger partial charge in [0.1, 0.15) is 18.4 Å². The summed E-state index contributed by atoms with van der Waals surface area (Å²) in [5.74, 6) is 0. The van der Waals surface area contributed by atoms with Crippen LogP contribution in [0.15, 0.2) is 30.3 Å². The van der Waals surface area contributed by atoms with Crippen LogP contribution in [0.4, 0.5) is 4.79 Å². The number of aliphatic hydroxyl groups excluding tert-OH is 1. The third-order valence-electron chi connectivity index (χ3n) is 5.26. The normalized spacial score (nSPS) is 20.2. The molecule has 33 heavy (non-hydrogen) atoms. The van der Waals surface area contributed by atoms with Crippen molar-refractivity contribution in [3.8, 4) is 0 Å². The molecule has 1 N–H and O–H groups in total. The van der Waals surface area contributed by atoms with Gasteiger partial charge in [-0.3, -0.25) is 18.5 Å². The lowest BCUT2D eigenvalue weighted by Crippen LogP contribution is -2.50. The predicted octanol–water partition coefficient (Wildman–Crippen LogP) is 4.88. The largest absolute Gasteiger partial charge is 0.474 e. The van der Waals surface area contributed by atoms with E-state index in [1.807, 2.05) is 44.2 Å². The number of benzene rings is 1. The molecule has 0 aromatic heterocycles. The van der Waals surface area contributed by atoms with E-state index in [9.17, 15) is 14.5 Å². The van der Waals surface area contributed by atoms with Gasteiger partial charge in [-0.05, 0) is 32.3 Å². The van der Waals surface area contributed by atoms with Crippen molar-refractivity contribution in [2.75, 3.05) is 26.4 Å². The molecule has 0 saturated carbocycles. The van der Waals surface area contributed by atoms with Gasteiger partial charge in [-0.2, -0.15) is 0 Å². The molecule has 1 amide bonds. The van der Waals surface area contributed by atoms with E-state index >= 15 is 0 Å². The van der Waals surface area contributed by atoms with Gasteiger partial charge in [-0.15, -0.1) is 0 Å². The maximum absolute atomic E-state index is 13.1. The van der Waals surface area contributed by atoms with Crippen LogP contribution in [0.3, 0.4) is 0 Å². The average molecular weight is 488 g/mol. The molecule has 10 heteroatoms. The number of carbonyl (C=O) groups is 1. The van der Waals surface area contributed by atoms with Crippen molar-refractivity contribution >= 4 is 13.9 Å². The number of unbranched alkanes of at least 4 members (excludes halogenated alkanes) is 2. The first-order valence-corrected chi connectivity index (χ1v) is 13.0. The molecule has 0 radical (unpaired) electrons. The number of nitrogens with zero attached hydrogens (tertiary/aromatic N) is 1. The third kappa shape index (κ3) is 8.35. The van der Waals surface area contributed by atoms with Crippen LogP contribution in [0.2, 0.25) is 0 Å². The summed E-state index contributed by atoms with van der Waals surface area (Å²) in [6, 6.07) is 8.56. The number of phosphoric ester groups is 1. The Labute approximate surface area is 196 Å². The third-order valence-corrected chi connectivity index (χ3v) is 6.72. The maximum Gasteiger partial charge on any atom is 0.474 e. The Kier molecular flexibility index (Phi) is 11.3. The summed E-state index contributed by atoms with van der Waals surface area (Å²) in [6.45, 7) is 7.44. The second kappa shape index (κ2) is 13.4. The summed E-state index contributed by atoms with van der Waals surface area (Å²) in [5, 5.41) is 10.0. The number of hydrogen-bond donors (Lipinski definition) is 1. The summed E-state index contributed by atoms with van der Waals surface area (Å²) in [6.07, 6.45) is 1.83. The van der Waals surface area contributed by atoms with E-state index in [4.69, 9.17) is 23.0 Å². The number of carbonyl (C=O) groups excluding carboxylic acids is 1. The summed E-state index contributed by atoms with van der Waals surface area (Å²) in [4.78, 5) is 14.2. The molecule has 0 spiro atoms. The van der Waals surface area contributed by atoms with Crippen LogP contribution in [0.25, 0.3) is 0 Å². The molecule has 0 aliphatic carbocycles. The first kappa shape index (κ1) is 27.8. The fourth-order valence-electron chi connectivity index (χ4n) is 3.48. The number of hydrogen-bond acceptors (Lipinski definition) is 8. The van der Waals surface area contributed by atoms with Crippen molar-refractivity contribution in [2.24, 2.45) is 0 Å². The second-order valence-electron chi connectivity index (χ2n) is 8.38. The molecule has 1 aromatic carbocycles. The van der Waals surface area contributed by atoms with Crippen molar-refractivity contribution < 1.29 is 37.5 Å². The molecule has 1 aliphatic rings. The predicted molar refractivity (Wildman–Crippen MR) is 124 cm³/mol. The van der Waals surface area contributed by atoms with Gasteiger partial charge in [-0.25, -0.2) is 9.36 Å². The van der Waals surface area contributed by atoms with Gasteiger partial charge < -0.3 is 14.6 Å². The first-order valence-electron chi connectivity index (χ1n) is 11.6. The molecule has 2 atom stereocenters. The van der Waals surface area contributed by atoms with E-state index in [1.54, 1.807) is 13.8 Å². The van der Waals surface area contributed by atoms with E-state index in [-0.39, 0.29) is 33.0 Å². The molecular weight excluding hydrogens is 449 g/mol. The first-order chi connectivity index (χ1) is 15.8. The lowest BCUT2D eigenvalue weighted by molar-refractivity contribution is -0.0809. The monoisotopic (exact) mass is 487 g/mol. The Balaban J connectivity index is 2.03. The Hall–Kier alpha value is -1.48. The highest BCUT2D eigenvalue weighted by molar-refractivity contribution is 7.48. The van der Waals surface area contributed by atoms with Crippen LogP contribution >= 0.6 is 7.82 Å². The Morgan fingerprint density at radius 2 is 1.70 bits per heavy atom. The molecule has 1 saturated heterocycles. The van der Waals surface area contributed by atoms with Crippen molar-refractivity contribution in [3.63, 3.8) is 0 Å². The zero-order chi connectivity index (χ0) is 24.3. The Bertz CT molecular complexity index is 746. The van der Waals surface area contributed by atoms with Crippen LogP contribution in [-0.2, 0) is 34.2 Å². The molecule has 0 bridgehead atoms. The van der Waals surface area contributed by atoms with Gasteiger partial charge in [0.2, 0.25) is 0 Å². The Morgan fingerprint density at radius 1 is 1.09 bits per heavy atom. The van der Waals surface area contributed by atoms with Gasteiger partial charge >= 0.3 is 13.9 Å². The van der Waals surface area contributed by atoms with E-state index < -0.39 is 31.8 Å². The fourth-order valence-corrected chi connectivity index (χ4v) is 4.74. The molecule has 1 heterocycles. The molecule has 188 valence electrons. The maximum atomic E-state index is 13.1. The summed E-state index contributed by atoms with van der Waals surface area (Å²) < 4.78 is 41.0. The van der Waals surface area contributed by atoms with Gasteiger partial charge in [0.25, 0.3) is 0 Å². The minimum Gasteiger partial charge on any atom is -0.444 e. The van der Waals surface area contributed by atoms with Crippen molar-refractivity contribution in [1.82, 2.24) is 4.90 Å². The number of ether oxygens (including phenoxy) is 2. The SMILES string of the molecule is CCCCOP(=O)(OCCCC)OC[C@H]1OC(C)(C)N(C(=O)OCc2ccccc2)[C@@H]1CO. The van der Waals surface area contributed by atoms with E-state index in [2.05, 4.69) is 0 Å². The average Bonchev–Trinajstić information content (AvgIpc) is 3.07. The van der Waals surface area contributed by atoms with E-state index in [0.717, 1.165) is 31.2 Å². The highest BCUT2D eigenvalue weighted by atomic mass is 31.2. The molecule has 1 aromatic rings. The minimum atomic E-state index is -3.80. The van der Waals surface area contributed by atoms with Crippen LogP contribution in [0.5, 0.6) is 0 Å². The van der Waals surface area contributed by atoms with Crippen LogP contribution < -0.4 is 0 Å². The lowest BCUT2D eigenvalue weighted by Gasteiger charge is -2.32. The van der Waals surface area contributed by atoms with Crippen LogP contribution in [0, 0.1) is 0 Å². The summed E-state index contributed by atoms with van der Waals surface area (Å²) >= 11 is 0. The summed E-state index contributed by atoms with van der Waals surface area (Å²) in [5.41, 5.74) is -0.218. The lowest BCUT2D eigenvalue weighted by atomic mass is 10.1. The van der Waals surface area contributed by atoms with Crippen molar-refractivity contribution in [3.05, 3.63) is 35.9 Å². The smallest absolute Gasteiger partial charge is 0.444 e. The standard InChI is InChI=1S/C23H38NO8P/c1-5-7-14-29-33(27,30-15-8-6-2)31-18-21-20(16-25)24(23(3,4)32-21)22(26)28-17-19-12-10-9-11-13-19/h9-13,20-21,25H,5-8,14-18H2,1-4H3/t20-,21-/m1/s1. The topological polar surface area (TPSA) is 104 Å². The highest BCUT2D eigenvalue weighted by Gasteiger charge is 2.51. The molecule has 2 rings (SSSR count). The molecule has 1 aliphatic heterocycles. The minimum absolute atomic E-state index is 0.0946. The zero-order valence-corrected chi connectivity index (χ0v) is 21.0. The van der Waals surface area contributed by atoms with Gasteiger partial charge in [0.15, 0.2) is 0 Å². The van der Waals surface area contributed by atoms with Crippen LogP contribution in [-0.4, -0.2) is 60.4 Å². The highest BCUT2D eigenvalue weighted by Crippen LogP contribution is 2.50. The molecule has 0 unspecified atom stereocenters. The van der Waals surface area contributed by atoms with Crippen molar-refractivity contribution in [2.45, 2.75) is 77.9 Å². The molecular formula is C23H38NO8P. The summed E-state index contributed by atoms with van der Waals surface area (Å²) in [7, 11) is -3.80. The zero-order valence-electron chi connectivity index (χ0n) is 20.1. The quantitative estimate of drug-likeness (QED) is 0.293. The number of aliphatic hydroxyl groups is 1. The second-order valence-corrected chi connectivity index (χ2v) is 10.0. The van der Waals surface area contributed by atoms with Crippen molar-refractivity contribution in [1.29, 1.82) is 0 Å². The fraction of sp³-hybridized carbons (Fsp3) is 0.696. The van der Waals surface area contributed by atoms with Gasteiger partial charge in [0, 0.05) is 0 Å². The van der Waals surface area contributed by atoms with Crippen LogP contribution in [0.1, 0.15) is 58.9 Å². The Morgan fingerprint density at radius 3 is 2.24 bits per heavy atom. The molecule has 1 fully saturated rings.